The molecule has 23 heavy (non-hydrogen) atoms. The largest absolute Gasteiger partial charge is 0.344 e. The number of aryl methyl sites for hydroxylation is 2. The predicted molar refractivity (Wildman–Crippen MR) is 87.2 cm³/mol. The topological polar surface area (TPSA) is 72.2 Å². The Labute approximate surface area is 134 Å². The fourth-order valence-electron chi connectivity index (χ4n) is 2.54. The van der Waals surface area contributed by atoms with Crippen LogP contribution in [0.2, 0.25) is 0 Å². The van der Waals surface area contributed by atoms with E-state index in [9.17, 15) is 4.79 Å². The zero-order valence-electron chi connectivity index (χ0n) is 13.4. The molecule has 1 unspecified atom stereocenters. The number of benzene rings is 1. The van der Waals surface area contributed by atoms with Gasteiger partial charge in [0, 0.05) is 5.69 Å². The molecule has 0 aliphatic carbocycles. The SMILES string of the molecule is CCC(NC(=O)c1cc(C)nc2ncnn12)c1ccc(C)cc1. The lowest BCUT2D eigenvalue weighted by Crippen LogP contribution is -2.30. The van der Waals surface area contributed by atoms with Gasteiger partial charge in [-0.3, -0.25) is 4.79 Å². The van der Waals surface area contributed by atoms with E-state index in [1.165, 1.54) is 16.4 Å². The summed E-state index contributed by atoms with van der Waals surface area (Å²) in [6.07, 6.45) is 2.20. The molecule has 1 amide bonds. The third-order valence-corrected chi connectivity index (χ3v) is 3.81. The highest BCUT2D eigenvalue weighted by Crippen LogP contribution is 2.18. The molecule has 0 saturated carbocycles. The highest BCUT2D eigenvalue weighted by Gasteiger charge is 2.18. The van der Waals surface area contributed by atoms with E-state index >= 15 is 0 Å². The zero-order valence-corrected chi connectivity index (χ0v) is 13.4. The molecule has 0 radical (unpaired) electrons. The lowest BCUT2D eigenvalue weighted by atomic mass is 10.0. The van der Waals surface area contributed by atoms with Crippen molar-refractivity contribution in [2.24, 2.45) is 0 Å². The van der Waals surface area contributed by atoms with Gasteiger partial charge in [0.15, 0.2) is 0 Å². The molecule has 0 fully saturated rings. The Kier molecular flexibility index (Phi) is 4.06. The molecule has 1 N–H and O–H groups in total. The van der Waals surface area contributed by atoms with Crippen LogP contribution in [0.1, 0.15) is 46.7 Å². The molecule has 0 spiro atoms. The van der Waals surface area contributed by atoms with Gasteiger partial charge in [0.05, 0.1) is 6.04 Å². The van der Waals surface area contributed by atoms with Crippen LogP contribution in [0.15, 0.2) is 36.7 Å². The van der Waals surface area contributed by atoms with Crippen LogP contribution in [0.25, 0.3) is 5.78 Å². The van der Waals surface area contributed by atoms with Crippen LogP contribution in [-0.2, 0) is 0 Å². The number of hydrogen-bond donors (Lipinski definition) is 1. The van der Waals surface area contributed by atoms with Crippen molar-refractivity contribution in [2.75, 3.05) is 0 Å². The molecule has 3 rings (SSSR count). The van der Waals surface area contributed by atoms with E-state index in [1.54, 1.807) is 6.07 Å². The Morgan fingerprint density at radius 1 is 1.26 bits per heavy atom. The van der Waals surface area contributed by atoms with Crippen LogP contribution in [0.5, 0.6) is 0 Å². The Morgan fingerprint density at radius 3 is 2.70 bits per heavy atom. The van der Waals surface area contributed by atoms with Gasteiger partial charge < -0.3 is 5.32 Å². The van der Waals surface area contributed by atoms with Crippen LogP contribution in [0.3, 0.4) is 0 Å². The highest BCUT2D eigenvalue weighted by molar-refractivity contribution is 5.93. The second-order valence-electron chi connectivity index (χ2n) is 5.60. The van der Waals surface area contributed by atoms with Crippen molar-refractivity contribution < 1.29 is 4.79 Å². The molecule has 0 bridgehead atoms. The Balaban J connectivity index is 1.89. The summed E-state index contributed by atoms with van der Waals surface area (Å²) >= 11 is 0. The minimum Gasteiger partial charge on any atom is -0.344 e. The van der Waals surface area contributed by atoms with Gasteiger partial charge in [0.2, 0.25) is 0 Å². The van der Waals surface area contributed by atoms with Crippen molar-refractivity contribution in [2.45, 2.75) is 33.2 Å². The first-order valence-electron chi connectivity index (χ1n) is 7.63. The normalized spacial score (nSPS) is 12.3. The first kappa shape index (κ1) is 15.1. The summed E-state index contributed by atoms with van der Waals surface area (Å²) in [7, 11) is 0. The molecule has 6 heteroatoms. The van der Waals surface area contributed by atoms with E-state index in [-0.39, 0.29) is 11.9 Å². The average Bonchev–Trinajstić information content (AvgIpc) is 3.00. The smallest absolute Gasteiger partial charge is 0.270 e. The summed E-state index contributed by atoms with van der Waals surface area (Å²) in [5.74, 6) is 0.247. The van der Waals surface area contributed by atoms with Gasteiger partial charge in [-0.2, -0.15) is 14.6 Å². The Bertz CT molecular complexity index is 838. The maximum atomic E-state index is 12.7. The van der Waals surface area contributed by atoms with Crippen molar-refractivity contribution in [3.05, 3.63) is 59.2 Å². The molecular weight excluding hydrogens is 290 g/mol. The lowest BCUT2D eigenvalue weighted by molar-refractivity contribution is 0.0927. The van der Waals surface area contributed by atoms with Crippen LogP contribution in [0.4, 0.5) is 0 Å². The van der Waals surface area contributed by atoms with Crippen molar-refractivity contribution in [1.82, 2.24) is 24.9 Å². The predicted octanol–water partition coefficient (Wildman–Crippen LogP) is 2.62. The van der Waals surface area contributed by atoms with E-state index in [0.717, 1.165) is 17.7 Å². The molecule has 0 saturated heterocycles. The zero-order chi connectivity index (χ0) is 16.4. The van der Waals surface area contributed by atoms with E-state index < -0.39 is 0 Å². The number of rotatable bonds is 4. The second kappa shape index (κ2) is 6.16. The second-order valence-corrected chi connectivity index (χ2v) is 5.60. The van der Waals surface area contributed by atoms with Gasteiger partial charge in [-0.05, 0) is 31.9 Å². The van der Waals surface area contributed by atoms with Gasteiger partial charge in [0.1, 0.15) is 12.0 Å². The van der Waals surface area contributed by atoms with Gasteiger partial charge in [0.25, 0.3) is 11.7 Å². The Hall–Kier alpha value is -2.76. The number of aromatic nitrogens is 4. The highest BCUT2D eigenvalue weighted by atomic mass is 16.2. The molecular formula is C17H19N5O. The fraction of sp³-hybridized carbons (Fsp3) is 0.294. The van der Waals surface area contributed by atoms with Crippen LogP contribution in [-0.4, -0.2) is 25.5 Å². The number of carbonyl (C=O) groups excluding carboxylic acids is 1. The standard InChI is InChI=1S/C17H19N5O/c1-4-14(13-7-5-11(2)6-8-13)21-16(23)15-9-12(3)20-17-18-10-19-22(15)17/h5-10,14H,4H2,1-3H3,(H,21,23). The third-order valence-electron chi connectivity index (χ3n) is 3.81. The number of nitrogens with one attached hydrogen (secondary N) is 1. The molecule has 1 atom stereocenters. The Morgan fingerprint density at radius 2 is 2.00 bits per heavy atom. The van der Waals surface area contributed by atoms with Crippen molar-refractivity contribution in [1.29, 1.82) is 0 Å². The average molecular weight is 309 g/mol. The van der Waals surface area contributed by atoms with Gasteiger partial charge in [-0.1, -0.05) is 36.8 Å². The quantitative estimate of drug-likeness (QED) is 0.804. The number of carbonyl (C=O) groups is 1. The van der Waals surface area contributed by atoms with E-state index in [1.807, 2.05) is 32.9 Å². The number of fused-ring (bicyclic) bond motifs is 1. The summed E-state index contributed by atoms with van der Waals surface area (Å²) in [6, 6.07) is 9.88. The molecule has 6 nitrogen and oxygen atoms in total. The van der Waals surface area contributed by atoms with E-state index in [0.29, 0.717) is 11.5 Å². The van der Waals surface area contributed by atoms with E-state index in [4.69, 9.17) is 0 Å². The third kappa shape index (κ3) is 3.06. The lowest BCUT2D eigenvalue weighted by Gasteiger charge is -2.18. The molecule has 118 valence electrons. The fourth-order valence-corrected chi connectivity index (χ4v) is 2.54. The summed E-state index contributed by atoms with van der Waals surface area (Å²) < 4.78 is 1.46. The van der Waals surface area contributed by atoms with Gasteiger partial charge in [-0.15, -0.1) is 0 Å². The monoisotopic (exact) mass is 309 g/mol. The number of amides is 1. The summed E-state index contributed by atoms with van der Waals surface area (Å²) in [6.45, 7) is 5.93. The number of nitrogens with zero attached hydrogens (tertiary/aromatic N) is 4. The van der Waals surface area contributed by atoms with Crippen molar-refractivity contribution in [3.8, 4) is 0 Å². The first-order chi connectivity index (χ1) is 11.1. The summed E-state index contributed by atoms with van der Waals surface area (Å²) in [5, 5.41) is 7.15. The van der Waals surface area contributed by atoms with Gasteiger partial charge in [-0.25, -0.2) is 4.98 Å². The van der Waals surface area contributed by atoms with Crippen LogP contribution < -0.4 is 5.32 Å². The van der Waals surface area contributed by atoms with Crippen LogP contribution in [0, 0.1) is 13.8 Å². The maximum absolute atomic E-state index is 12.7. The van der Waals surface area contributed by atoms with Gasteiger partial charge >= 0.3 is 0 Å². The molecule has 1 aromatic carbocycles. The van der Waals surface area contributed by atoms with Crippen LogP contribution >= 0.6 is 0 Å². The number of hydrogen-bond acceptors (Lipinski definition) is 4. The van der Waals surface area contributed by atoms with Crippen molar-refractivity contribution >= 4 is 11.7 Å². The minimum atomic E-state index is -0.182. The minimum absolute atomic E-state index is 0.0462. The molecule has 2 aromatic heterocycles. The maximum Gasteiger partial charge on any atom is 0.270 e. The van der Waals surface area contributed by atoms with Crippen molar-refractivity contribution in [3.63, 3.8) is 0 Å². The summed E-state index contributed by atoms with van der Waals surface area (Å²) in [5.41, 5.74) is 3.46. The summed E-state index contributed by atoms with van der Waals surface area (Å²) in [4.78, 5) is 21.0. The molecule has 2 heterocycles. The molecule has 3 aromatic rings. The first-order valence-corrected chi connectivity index (χ1v) is 7.63. The molecule has 0 aliphatic heterocycles. The van der Waals surface area contributed by atoms with E-state index in [2.05, 4.69) is 32.5 Å². The molecule has 0 aliphatic rings.